The van der Waals surface area contributed by atoms with Crippen LogP contribution in [-0.2, 0) is 4.79 Å². The normalized spacial score (nSPS) is 14.5. The van der Waals surface area contributed by atoms with Gasteiger partial charge >= 0.3 is 6.36 Å². The van der Waals surface area contributed by atoms with Gasteiger partial charge in [-0.2, -0.15) is 0 Å². The quantitative estimate of drug-likeness (QED) is 0.875. The van der Waals surface area contributed by atoms with Crippen LogP contribution in [0.4, 0.5) is 13.2 Å². The lowest BCUT2D eigenvalue weighted by atomic mass is 10.1. The molecule has 1 aromatic rings. The predicted octanol–water partition coefficient (Wildman–Crippen LogP) is 2.36. The molecule has 0 saturated carbocycles. The van der Waals surface area contributed by atoms with E-state index in [1.165, 1.54) is 24.3 Å². The molecule has 0 aliphatic heterocycles. The Kier molecular flexibility index (Phi) is 5.38. The molecule has 0 bridgehead atoms. The second kappa shape index (κ2) is 6.60. The van der Waals surface area contributed by atoms with Crippen LogP contribution in [0.1, 0.15) is 25.5 Å². The lowest BCUT2D eigenvalue weighted by Gasteiger charge is -2.17. The zero-order valence-electron chi connectivity index (χ0n) is 11.2. The molecule has 1 amide bonds. The maximum Gasteiger partial charge on any atom is 0.573 e. The van der Waals surface area contributed by atoms with Gasteiger partial charge in [0, 0.05) is 12.5 Å². The van der Waals surface area contributed by atoms with E-state index >= 15 is 0 Å². The summed E-state index contributed by atoms with van der Waals surface area (Å²) in [6.45, 7) is 3.67. The Hall–Kier alpha value is -1.76. The highest BCUT2D eigenvalue weighted by Crippen LogP contribution is 2.24. The molecule has 20 heavy (non-hydrogen) atoms. The number of rotatable bonds is 5. The molecule has 7 heteroatoms. The number of carbonyl (C=O) groups excluding carboxylic acids is 1. The van der Waals surface area contributed by atoms with Crippen molar-refractivity contribution in [2.24, 2.45) is 11.7 Å². The molecule has 0 aromatic heterocycles. The van der Waals surface area contributed by atoms with Gasteiger partial charge in [-0.1, -0.05) is 19.1 Å². The van der Waals surface area contributed by atoms with E-state index in [0.717, 1.165) is 0 Å². The third kappa shape index (κ3) is 5.08. The summed E-state index contributed by atoms with van der Waals surface area (Å²) in [5.74, 6) is -0.809. The van der Waals surface area contributed by atoms with Crippen molar-refractivity contribution in [3.05, 3.63) is 29.8 Å². The van der Waals surface area contributed by atoms with E-state index in [-0.39, 0.29) is 30.2 Å². The van der Waals surface area contributed by atoms with Crippen LogP contribution in [0.5, 0.6) is 5.75 Å². The number of alkyl halides is 3. The van der Waals surface area contributed by atoms with Crippen LogP contribution in [0.25, 0.3) is 0 Å². The minimum Gasteiger partial charge on any atom is -0.406 e. The number of ether oxygens (including phenoxy) is 1. The first-order chi connectivity index (χ1) is 9.23. The molecule has 0 saturated heterocycles. The average Bonchev–Trinajstić information content (AvgIpc) is 2.36. The molecule has 4 nitrogen and oxygen atoms in total. The highest BCUT2D eigenvalue weighted by molar-refractivity contribution is 5.78. The standard InChI is InChI=1S/C13H17F3N2O2/c1-8(7-17)12(19)18-9(2)10-3-5-11(6-4-10)20-13(14,15)16/h3-6,8-9H,7,17H2,1-2H3,(H,18,19). The fourth-order valence-corrected chi connectivity index (χ4v) is 1.50. The molecule has 0 heterocycles. The van der Waals surface area contributed by atoms with E-state index in [2.05, 4.69) is 10.1 Å². The number of carbonyl (C=O) groups is 1. The van der Waals surface area contributed by atoms with E-state index < -0.39 is 6.36 Å². The van der Waals surface area contributed by atoms with Crippen LogP contribution in [0.2, 0.25) is 0 Å². The van der Waals surface area contributed by atoms with Crippen molar-refractivity contribution < 1.29 is 22.7 Å². The molecule has 0 spiro atoms. The highest BCUT2D eigenvalue weighted by atomic mass is 19.4. The molecule has 0 radical (unpaired) electrons. The molecular formula is C13H17F3N2O2. The first kappa shape index (κ1) is 16.3. The molecule has 0 aliphatic carbocycles. The summed E-state index contributed by atoms with van der Waals surface area (Å²) in [6, 6.07) is 5.03. The van der Waals surface area contributed by atoms with Gasteiger partial charge in [0.05, 0.1) is 6.04 Å². The molecule has 3 N–H and O–H groups in total. The predicted molar refractivity (Wildman–Crippen MR) is 67.9 cm³/mol. The SMILES string of the molecule is CC(CN)C(=O)NC(C)c1ccc(OC(F)(F)F)cc1. The number of halogens is 3. The summed E-state index contributed by atoms with van der Waals surface area (Å²) in [5, 5.41) is 2.73. The van der Waals surface area contributed by atoms with Gasteiger partial charge in [-0.25, -0.2) is 0 Å². The monoisotopic (exact) mass is 290 g/mol. The minimum absolute atomic E-state index is 0.199. The van der Waals surface area contributed by atoms with Gasteiger partial charge < -0.3 is 15.8 Å². The first-order valence-corrected chi connectivity index (χ1v) is 6.09. The third-order valence-electron chi connectivity index (χ3n) is 2.77. The Morgan fingerprint density at radius 1 is 1.30 bits per heavy atom. The van der Waals surface area contributed by atoms with Gasteiger partial charge in [-0.05, 0) is 24.6 Å². The van der Waals surface area contributed by atoms with Crippen molar-refractivity contribution in [3.8, 4) is 5.75 Å². The molecule has 2 unspecified atom stereocenters. The molecular weight excluding hydrogens is 273 g/mol. The van der Waals surface area contributed by atoms with Gasteiger partial charge in [0.2, 0.25) is 5.91 Å². The Morgan fingerprint density at radius 3 is 2.30 bits per heavy atom. The van der Waals surface area contributed by atoms with Gasteiger partial charge in [0.25, 0.3) is 0 Å². The smallest absolute Gasteiger partial charge is 0.406 e. The molecule has 1 aromatic carbocycles. The van der Waals surface area contributed by atoms with Gasteiger partial charge in [0.1, 0.15) is 5.75 Å². The van der Waals surface area contributed by atoms with Crippen LogP contribution in [0.3, 0.4) is 0 Å². The topological polar surface area (TPSA) is 64.4 Å². The number of amides is 1. The Labute approximate surface area is 115 Å². The van der Waals surface area contributed by atoms with Crippen molar-refractivity contribution in [3.63, 3.8) is 0 Å². The van der Waals surface area contributed by atoms with E-state index in [1.54, 1.807) is 13.8 Å². The van der Waals surface area contributed by atoms with Crippen molar-refractivity contribution in [2.45, 2.75) is 26.3 Å². The van der Waals surface area contributed by atoms with Crippen molar-refractivity contribution >= 4 is 5.91 Å². The summed E-state index contributed by atoms with van der Waals surface area (Å²) in [6.07, 6.45) is -4.71. The van der Waals surface area contributed by atoms with E-state index in [0.29, 0.717) is 5.56 Å². The average molecular weight is 290 g/mol. The Balaban J connectivity index is 2.66. The Morgan fingerprint density at radius 2 is 1.85 bits per heavy atom. The minimum atomic E-state index is -4.71. The second-order valence-corrected chi connectivity index (χ2v) is 4.48. The number of nitrogens with two attached hydrogens (primary N) is 1. The first-order valence-electron chi connectivity index (χ1n) is 6.09. The summed E-state index contributed by atoms with van der Waals surface area (Å²) < 4.78 is 39.8. The lowest BCUT2D eigenvalue weighted by molar-refractivity contribution is -0.274. The third-order valence-corrected chi connectivity index (χ3v) is 2.77. The zero-order valence-corrected chi connectivity index (χ0v) is 11.2. The maximum absolute atomic E-state index is 12.0. The summed E-state index contributed by atoms with van der Waals surface area (Å²) in [5.41, 5.74) is 6.06. The highest BCUT2D eigenvalue weighted by Gasteiger charge is 2.31. The summed E-state index contributed by atoms with van der Waals surface area (Å²) in [4.78, 5) is 11.6. The van der Waals surface area contributed by atoms with Crippen LogP contribution in [-0.4, -0.2) is 18.8 Å². The van der Waals surface area contributed by atoms with Crippen LogP contribution >= 0.6 is 0 Å². The van der Waals surface area contributed by atoms with Crippen LogP contribution in [0, 0.1) is 5.92 Å². The van der Waals surface area contributed by atoms with Crippen LogP contribution < -0.4 is 15.8 Å². The van der Waals surface area contributed by atoms with Gasteiger partial charge in [-0.15, -0.1) is 13.2 Å². The van der Waals surface area contributed by atoms with Crippen molar-refractivity contribution in [1.29, 1.82) is 0 Å². The molecule has 112 valence electrons. The summed E-state index contributed by atoms with van der Waals surface area (Å²) >= 11 is 0. The lowest BCUT2D eigenvalue weighted by Crippen LogP contribution is -2.34. The van der Waals surface area contributed by atoms with Crippen LogP contribution in [0.15, 0.2) is 24.3 Å². The number of hydrogen-bond donors (Lipinski definition) is 2. The van der Waals surface area contributed by atoms with E-state index in [9.17, 15) is 18.0 Å². The van der Waals surface area contributed by atoms with E-state index in [4.69, 9.17) is 5.73 Å². The molecule has 2 atom stereocenters. The fraction of sp³-hybridized carbons (Fsp3) is 0.462. The van der Waals surface area contributed by atoms with Gasteiger partial charge in [0.15, 0.2) is 0 Å². The number of nitrogens with one attached hydrogen (secondary N) is 1. The number of benzene rings is 1. The molecule has 0 aliphatic rings. The number of hydrogen-bond acceptors (Lipinski definition) is 3. The molecule has 1 rings (SSSR count). The van der Waals surface area contributed by atoms with Crippen molar-refractivity contribution in [2.75, 3.05) is 6.54 Å². The largest absolute Gasteiger partial charge is 0.573 e. The van der Waals surface area contributed by atoms with Crippen molar-refractivity contribution in [1.82, 2.24) is 5.32 Å². The fourth-order valence-electron chi connectivity index (χ4n) is 1.50. The summed E-state index contributed by atoms with van der Waals surface area (Å²) in [7, 11) is 0. The van der Waals surface area contributed by atoms with E-state index in [1.807, 2.05) is 0 Å². The Bertz CT molecular complexity index is 446. The second-order valence-electron chi connectivity index (χ2n) is 4.48. The zero-order chi connectivity index (χ0) is 15.3. The van der Waals surface area contributed by atoms with Gasteiger partial charge in [-0.3, -0.25) is 4.79 Å². The maximum atomic E-state index is 12.0. The molecule has 0 fully saturated rings.